The van der Waals surface area contributed by atoms with Crippen molar-refractivity contribution < 1.29 is 13.2 Å². The first-order valence-electron chi connectivity index (χ1n) is 8.27. The summed E-state index contributed by atoms with van der Waals surface area (Å²) in [7, 11) is -2.21. The predicted molar refractivity (Wildman–Crippen MR) is 105 cm³/mol. The van der Waals surface area contributed by atoms with E-state index in [9.17, 15) is 8.42 Å². The number of fused-ring (bicyclic) bond motifs is 1. The highest BCUT2D eigenvalue weighted by Gasteiger charge is 2.17. The number of rotatable bonds is 5. The minimum Gasteiger partial charge on any atom is -0.497 e. The van der Waals surface area contributed by atoms with Crippen LogP contribution in [0.15, 0.2) is 84.0 Å². The lowest BCUT2D eigenvalue weighted by molar-refractivity contribution is 0.414. The molecular weight excluding hydrogens is 362 g/mol. The van der Waals surface area contributed by atoms with Gasteiger partial charge in [0.05, 0.1) is 34.4 Å². The van der Waals surface area contributed by atoms with Gasteiger partial charge in [0, 0.05) is 0 Å². The lowest BCUT2D eigenvalue weighted by Gasteiger charge is -2.14. The van der Waals surface area contributed by atoms with Gasteiger partial charge in [-0.3, -0.25) is 9.29 Å². The van der Waals surface area contributed by atoms with Gasteiger partial charge in [-0.25, -0.2) is 13.4 Å². The van der Waals surface area contributed by atoms with Gasteiger partial charge in [0.1, 0.15) is 12.1 Å². The van der Waals surface area contributed by atoms with Crippen LogP contribution in [0.25, 0.3) is 16.7 Å². The second-order valence-electron chi connectivity index (χ2n) is 5.90. The third-order valence-electron chi connectivity index (χ3n) is 4.23. The Hall–Kier alpha value is -3.32. The van der Waals surface area contributed by atoms with E-state index in [4.69, 9.17) is 4.74 Å². The molecule has 0 spiro atoms. The molecule has 0 atom stereocenters. The van der Waals surface area contributed by atoms with E-state index in [1.807, 2.05) is 41.0 Å². The summed E-state index contributed by atoms with van der Waals surface area (Å²) in [6.07, 6.45) is 1.69. The van der Waals surface area contributed by atoms with Gasteiger partial charge in [0.2, 0.25) is 0 Å². The summed E-state index contributed by atoms with van der Waals surface area (Å²) in [5.74, 6) is 0.597. The highest BCUT2D eigenvalue weighted by atomic mass is 32.2. The average molecular weight is 379 g/mol. The number of aromatic nitrogens is 2. The number of para-hydroxylation sites is 4. The fraction of sp³-hybridized carbons (Fsp3) is 0.0500. The molecule has 0 radical (unpaired) electrons. The molecule has 27 heavy (non-hydrogen) atoms. The van der Waals surface area contributed by atoms with E-state index < -0.39 is 10.0 Å². The lowest BCUT2D eigenvalue weighted by atomic mass is 10.2. The van der Waals surface area contributed by atoms with Crippen molar-refractivity contribution in [2.75, 3.05) is 11.8 Å². The van der Waals surface area contributed by atoms with Crippen molar-refractivity contribution in [1.82, 2.24) is 9.55 Å². The number of hydrogen-bond acceptors (Lipinski definition) is 4. The molecule has 4 rings (SSSR count). The second-order valence-corrected chi connectivity index (χ2v) is 7.58. The zero-order valence-electron chi connectivity index (χ0n) is 14.5. The van der Waals surface area contributed by atoms with Gasteiger partial charge in [-0.05, 0) is 48.5 Å². The van der Waals surface area contributed by atoms with Crippen molar-refractivity contribution in [2.45, 2.75) is 4.90 Å². The molecule has 0 aliphatic heterocycles. The zero-order valence-corrected chi connectivity index (χ0v) is 15.3. The van der Waals surface area contributed by atoms with E-state index in [1.165, 1.54) is 19.2 Å². The Morgan fingerprint density at radius 1 is 0.926 bits per heavy atom. The Labute approximate surface area is 157 Å². The minimum absolute atomic E-state index is 0.161. The van der Waals surface area contributed by atoms with Crippen molar-refractivity contribution >= 4 is 26.7 Å². The van der Waals surface area contributed by atoms with Gasteiger partial charge in [0.15, 0.2) is 0 Å². The number of hydrogen-bond donors (Lipinski definition) is 1. The van der Waals surface area contributed by atoms with Crippen molar-refractivity contribution in [3.05, 3.63) is 79.1 Å². The molecular formula is C20H17N3O3S. The summed E-state index contributed by atoms with van der Waals surface area (Å²) in [5.41, 5.74) is 2.90. The molecule has 3 aromatic carbocycles. The molecule has 0 amide bonds. The third kappa shape index (κ3) is 3.24. The highest BCUT2D eigenvalue weighted by molar-refractivity contribution is 7.92. The van der Waals surface area contributed by atoms with Crippen LogP contribution in [-0.4, -0.2) is 25.1 Å². The van der Waals surface area contributed by atoms with Crippen molar-refractivity contribution in [3.63, 3.8) is 0 Å². The smallest absolute Gasteiger partial charge is 0.261 e. The molecule has 4 aromatic rings. The molecule has 1 N–H and O–H groups in total. The molecule has 136 valence electrons. The summed E-state index contributed by atoms with van der Waals surface area (Å²) < 4.78 is 35.2. The van der Waals surface area contributed by atoms with Crippen LogP contribution in [0.1, 0.15) is 0 Å². The Balaban J connectivity index is 1.75. The molecule has 0 aliphatic carbocycles. The van der Waals surface area contributed by atoms with Crippen LogP contribution in [0.2, 0.25) is 0 Å². The van der Waals surface area contributed by atoms with Crippen LogP contribution >= 0.6 is 0 Å². The first-order valence-corrected chi connectivity index (χ1v) is 9.75. The Morgan fingerprint density at radius 3 is 2.41 bits per heavy atom. The first kappa shape index (κ1) is 17.1. The quantitative estimate of drug-likeness (QED) is 0.572. The summed E-state index contributed by atoms with van der Waals surface area (Å²) >= 11 is 0. The second kappa shape index (κ2) is 6.77. The fourth-order valence-corrected chi connectivity index (χ4v) is 3.95. The fourth-order valence-electron chi connectivity index (χ4n) is 2.88. The van der Waals surface area contributed by atoms with E-state index in [1.54, 1.807) is 30.6 Å². The van der Waals surface area contributed by atoms with Crippen LogP contribution in [-0.2, 0) is 10.0 Å². The van der Waals surface area contributed by atoms with Gasteiger partial charge in [-0.2, -0.15) is 0 Å². The number of methoxy groups -OCH3 is 1. The van der Waals surface area contributed by atoms with Crippen LogP contribution in [0.3, 0.4) is 0 Å². The summed E-state index contributed by atoms with van der Waals surface area (Å²) in [6.45, 7) is 0. The summed E-state index contributed by atoms with van der Waals surface area (Å²) in [4.78, 5) is 4.54. The Bertz CT molecular complexity index is 1200. The van der Waals surface area contributed by atoms with Gasteiger partial charge in [-0.15, -0.1) is 0 Å². The largest absolute Gasteiger partial charge is 0.497 e. The van der Waals surface area contributed by atoms with Crippen LogP contribution in [0.4, 0.5) is 5.69 Å². The monoisotopic (exact) mass is 379 g/mol. The number of imidazole rings is 1. The molecule has 0 aliphatic rings. The first-order chi connectivity index (χ1) is 13.1. The maximum Gasteiger partial charge on any atom is 0.261 e. The maximum absolute atomic E-state index is 12.8. The van der Waals surface area contributed by atoms with E-state index in [-0.39, 0.29) is 4.90 Å². The van der Waals surface area contributed by atoms with E-state index in [0.717, 1.165) is 11.0 Å². The van der Waals surface area contributed by atoms with E-state index in [2.05, 4.69) is 9.71 Å². The number of nitrogens with one attached hydrogen (secondary N) is 1. The average Bonchev–Trinajstić information content (AvgIpc) is 3.12. The number of anilines is 1. The summed E-state index contributed by atoms with van der Waals surface area (Å²) in [6, 6.07) is 21.2. The Kier molecular flexibility index (Phi) is 4.29. The van der Waals surface area contributed by atoms with Crippen LogP contribution in [0, 0.1) is 0 Å². The minimum atomic E-state index is -3.74. The molecule has 1 aromatic heterocycles. The van der Waals surface area contributed by atoms with Gasteiger partial charge < -0.3 is 4.74 Å². The number of ether oxygens (including phenoxy) is 1. The van der Waals surface area contributed by atoms with Crippen molar-refractivity contribution in [3.8, 4) is 11.4 Å². The van der Waals surface area contributed by atoms with Crippen LogP contribution < -0.4 is 9.46 Å². The number of nitrogens with zero attached hydrogens (tertiary/aromatic N) is 2. The highest BCUT2D eigenvalue weighted by Crippen LogP contribution is 2.27. The molecule has 0 saturated carbocycles. The van der Waals surface area contributed by atoms with E-state index in [0.29, 0.717) is 17.1 Å². The molecule has 6 nitrogen and oxygen atoms in total. The molecule has 7 heteroatoms. The lowest BCUT2D eigenvalue weighted by Crippen LogP contribution is -2.14. The molecule has 1 heterocycles. The molecule has 0 unspecified atom stereocenters. The van der Waals surface area contributed by atoms with Crippen molar-refractivity contribution in [2.24, 2.45) is 0 Å². The topological polar surface area (TPSA) is 73.2 Å². The molecule has 0 bridgehead atoms. The zero-order chi connectivity index (χ0) is 18.9. The molecule has 0 saturated heterocycles. The SMILES string of the molecule is COc1ccc(S(=O)(=O)Nc2ccccc2-n2cnc3ccccc32)cc1. The standard InChI is InChI=1S/C20H17N3O3S/c1-26-15-10-12-16(13-11-15)27(24,25)22-18-7-3-5-9-20(18)23-14-21-17-6-2-4-8-19(17)23/h2-14,22H,1H3. The molecule has 0 fully saturated rings. The van der Waals surface area contributed by atoms with Crippen molar-refractivity contribution in [1.29, 1.82) is 0 Å². The number of sulfonamides is 1. The van der Waals surface area contributed by atoms with Gasteiger partial charge in [0.25, 0.3) is 10.0 Å². The third-order valence-corrected chi connectivity index (χ3v) is 5.61. The van der Waals surface area contributed by atoms with Gasteiger partial charge >= 0.3 is 0 Å². The summed E-state index contributed by atoms with van der Waals surface area (Å²) in [5, 5.41) is 0. The Morgan fingerprint density at radius 2 is 1.63 bits per heavy atom. The van der Waals surface area contributed by atoms with Gasteiger partial charge in [-0.1, -0.05) is 24.3 Å². The maximum atomic E-state index is 12.8. The normalized spacial score (nSPS) is 11.4. The number of benzene rings is 3. The predicted octanol–water partition coefficient (Wildman–Crippen LogP) is 3.83. The van der Waals surface area contributed by atoms with E-state index >= 15 is 0 Å². The van der Waals surface area contributed by atoms with Crippen LogP contribution in [0.5, 0.6) is 5.75 Å².